The normalized spacial score (nSPS) is 14.3. The first-order chi connectivity index (χ1) is 20.1. The molecule has 10 nitrogen and oxygen atoms in total. The van der Waals surface area contributed by atoms with Gasteiger partial charge in [-0.15, -0.1) is 0 Å². The first kappa shape index (κ1) is 29.3. The van der Waals surface area contributed by atoms with Crippen molar-refractivity contribution in [3.63, 3.8) is 0 Å². The first-order valence-electron chi connectivity index (χ1n) is 14.3. The number of nitrogens with zero attached hydrogens (tertiary/aromatic N) is 5. The van der Waals surface area contributed by atoms with E-state index in [1.165, 1.54) is 0 Å². The average Bonchev–Trinajstić information content (AvgIpc) is 3.30. The molecule has 2 aromatic heterocycles. The Kier molecular flexibility index (Phi) is 8.38. The van der Waals surface area contributed by atoms with Crippen molar-refractivity contribution in [1.82, 2.24) is 24.8 Å². The summed E-state index contributed by atoms with van der Waals surface area (Å²) in [5.74, 6) is 2.14. The number of rotatable bonds is 8. The van der Waals surface area contributed by atoms with E-state index in [2.05, 4.69) is 64.3 Å². The number of para-hydroxylation sites is 1. The number of anilines is 2. The van der Waals surface area contributed by atoms with E-state index in [9.17, 15) is 4.79 Å². The third-order valence-corrected chi connectivity index (χ3v) is 7.72. The lowest BCUT2D eigenvalue weighted by Crippen LogP contribution is -2.45. The predicted molar refractivity (Wildman–Crippen MR) is 167 cm³/mol. The van der Waals surface area contributed by atoms with Crippen LogP contribution in [-0.2, 0) is 19.0 Å². The average molecular weight is 572 g/mol. The molecule has 10 heteroatoms. The van der Waals surface area contributed by atoms with Crippen LogP contribution in [0.3, 0.4) is 0 Å². The second-order valence-electron chi connectivity index (χ2n) is 11.8. The Morgan fingerprint density at radius 2 is 1.81 bits per heavy atom. The molecular formula is C32H41N7O3. The Hall–Kier alpha value is -4.15. The number of nitrogens with one attached hydrogen (secondary N) is 2. The highest BCUT2D eigenvalue weighted by Gasteiger charge is 2.23. The Morgan fingerprint density at radius 3 is 2.50 bits per heavy atom. The van der Waals surface area contributed by atoms with Gasteiger partial charge in [0.15, 0.2) is 5.75 Å². The van der Waals surface area contributed by atoms with Crippen molar-refractivity contribution in [2.24, 2.45) is 7.05 Å². The number of piperazine rings is 1. The topological polar surface area (TPSA) is 96.8 Å². The summed E-state index contributed by atoms with van der Waals surface area (Å²) in [5, 5.41) is 7.21. The minimum Gasteiger partial charge on any atom is -0.494 e. The molecule has 42 heavy (non-hydrogen) atoms. The molecule has 0 radical (unpaired) electrons. The highest BCUT2D eigenvalue weighted by molar-refractivity contribution is 6.07. The Morgan fingerprint density at radius 1 is 1.05 bits per heavy atom. The van der Waals surface area contributed by atoms with Crippen LogP contribution in [-0.4, -0.2) is 72.7 Å². The molecule has 0 aliphatic carbocycles. The van der Waals surface area contributed by atoms with Crippen molar-refractivity contribution >= 4 is 28.4 Å². The fourth-order valence-electron chi connectivity index (χ4n) is 5.30. The maximum Gasteiger partial charge on any atom is 0.272 e. The highest BCUT2D eigenvalue weighted by atomic mass is 16.5. The third-order valence-electron chi connectivity index (χ3n) is 7.72. The van der Waals surface area contributed by atoms with E-state index in [1.807, 2.05) is 49.0 Å². The van der Waals surface area contributed by atoms with Gasteiger partial charge in [-0.2, -0.15) is 4.98 Å². The number of methoxy groups -OCH3 is 1. The fraction of sp³-hybridized carbons (Fsp3) is 0.406. The van der Waals surface area contributed by atoms with Crippen LogP contribution in [0.4, 0.5) is 11.6 Å². The van der Waals surface area contributed by atoms with Crippen LogP contribution in [0.5, 0.6) is 17.4 Å². The summed E-state index contributed by atoms with van der Waals surface area (Å²) in [6.07, 6.45) is 1.72. The zero-order valence-electron chi connectivity index (χ0n) is 25.6. The van der Waals surface area contributed by atoms with Crippen molar-refractivity contribution in [3.05, 3.63) is 65.5 Å². The van der Waals surface area contributed by atoms with E-state index in [1.54, 1.807) is 19.4 Å². The van der Waals surface area contributed by atoms with Gasteiger partial charge in [0.25, 0.3) is 5.91 Å². The van der Waals surface area contributed by atoms with E-state index in [4.69, 9.17) is 9.47 Å². The Balaban J connectivity index is 1.45. The number of aryl methyl sites for hydroxylation is 1. The molecule has 222 valence electrons. The summed E-state index contributed by atoms with van der Waals surface area (Å²) >= 11 is 0. The minimum atomic E-state index is -0.237. The molecule has 0 unspecified atom stereocenters. The molecule has 0 spiro atoms. The monoisotopic (exact) mass is 571 g/mol. The summed E-state index contributed by atoms with van der Waals surface area (Å²) in [7, 11) is 7.51. The SMILES string of the molecule is CNCc1cc(C(C)(C)C)cc(NC(=O)c2cc3cccc(Oc4ccnc(N5CCN(C)CC5)n4)c3n2C)c1OC. The van der Waals surface area contributed by atoms with Crippen LogP contribution >= 0.6 is 0 Å². The molecule has 4 aromatic rings. The van der Waals surface area contributed by atoms with Gasteiger partial charge in [-0.3, -0.25) is 4.79 Å². The number of ether oxygens (including phenoxy) is 2. The molecule has 1 amide bonds. The number of amides is 1. The number of hydrogen-bond acceptors (Lipinski definition) is 8. The molecule has 0 saturated carbocycles. The van der Waals surface area contributed by atoms with Gasteiger partial charge in [0, 0.05) is 63.0 Å². The maximum atomic E-state index is 13.7. The summed E-state index contributed by atoms with van der Waals surface area (Å²) in [4.78, 5) is 27.4. The van der Waals surface area contributed by atoms with Crippen LogP contribution in [0.2, 0.25) is 0 Å². The zero-order chi connectivity index (χ0) is 30.0. The van der Waals surface area contributed by atoms with Gasteiger partial charge in [-0.25, -0.2) is 4.98 Å². The lowest BCUT2D eigenvalue weighted by atomic mass is 9.85. The third kappa shape index (κ3) is 6.05. The van der Waals surface area contributed by atoms with Gasteiger partial charge in [-0.1, -0.05) is 39.0 Å². The number of carbonyl (C=O) groups is 1. The summed E-state index contributed by atoms with van der Waals surface area (Å²) in [5.41, 5.74) is 3.92. The smallest absolute Gasteiger partial charge is 0.272 e. The van der Waals surface area contributed by atoms with Crippen molar-refractivity contribution in [3.8, 4) is 17.4 Å². The van der Waals surface area contributed by atoms with Crippen LogP contribution in [0.15, 0.2) is 48.7 Å². The van der Waals surface area contributed by atoms with Gasteiger partial charge in [0.2, 0.25) is 11.8 Å². The molecule has 2 N–H and O–H groups in total. The number of likely N-dealkylation sites (N-methyl/N-ethyl adjacent to an activating group) is 1. The maximum absolute atomic E-state index is 13.7. The van der Waals surface area contributed by atoms with Gasteiger partial charge in [0.1, 0.15) is 11.4 Å². The minimum absolute atomic E-state index is 0.106. The van der Waals surface area contributed by atoms with Crippen LogP contribution < -0.4 is 25.0 Å². The first-order valence-corrected chi connectivity index (χ1v) is 14.3. The Bertz CT molecular complexity index is 1580. The summed E-state index contributed by atoms with van der Waals surface area (Å²) in [6, 6.07) is 13.5. The van der Waals surface area contributed by atoms with E-state index in [0.717, 1.165) is 48.2 Å². The molecule has 5 rings (SSSR count). The van der Waals surface area contributed by atoms with E-state index in [-0.39, 0.29) is 11.3 Å². The van der Waals surface area contributed by atoms with Gasteiger partial charge >= 0.3 is 0 Å². The lowest BCUT2D eigenvalue weighted by Gasteiger charge is -2.32. The quantitative estimate of drug-likeness (QED) is 0.312. The van der Waals surface area contributed by atoms with Crippen LogP contribution in [0.25, 0.3) is 10.9 Å². The Labute approximate surface area is 247 Å². The zero-order valence-corrected chi connectivity index (χ0v) is 25.6. The fourth-order valence-corrected chi connectivity index (χ4v) is 5.30. The molecule has 1 aliphatic heterocycles. The molecule has 2 aromatic carbocycles. The van der Waals surface area contributed by atoms with Crippen molar-refractivity contribution in [1.29, 1.82) is 0 Å². The molecule has 0 bridgehead atoms. The largest absolute Gasteiger partial charge is 0.494 e. The van der Waals surface area contributed by atoms with Crippen molar-refractivity contribution in [2.45, 2.75) is 32.7 Å². The molecule has 0 atom stereocenters. The lowest BCUT2D eigenvalue weighted by molar-refractivity contribution is 0.101. The van der Waals surface area contributed by atoms with Crippen LogP contribution in [0, 0.1) is 0 Å². The highest BCUT2D eigenvalue weighted by Crippen LogP contribution is 2.37. The molecule has 1 aliphatic rings. The van der Waals surface area contributed by atoms with Crippen molar-refractivity contribution in [2.75, 3.05) is 57.6 Å². The van der Waals surface area contributed by atoms with E-state index in [0.29, 0.717) is 41.3 Å². The predicted octanol–water partition coefficient (Wildman–Crippen LogP) is 4.79. The summed E-state index contributed by atoms with van der Waals surface area (Å²) < 4.78 is 13.9. The molecule has 1 saturated heterocycles. The second kappa shape index (κ2) is 12.0. The number of hydrogen-bond donors (Lipinski definition) is 2. The van der Waals surface area contributed by atoms with E-state index >= 15 is 0 Å². The van der Waals surface area contributed by atoms with E-state index < -0.39 is 0 Å². The molecule has 1 fully saturated rings. The van der Waals surface area contributed by atoms with Gasteiger partial charge in [0.05, 0.1) is 18.3 Å². The number of fused-ring (bicyclic) bond motifs is 1. The number of aromatic nitrogens is 3. The second-order valence-corrected chi connectivity index (χ2v) is 11.8. The number of benzene rings is 2. The number of carbonyl (C=O) groups excluding carboxylic acids is 1. The molecular weight excluding hydrogens is 530 g/mol. The molecule has 3 heterocycles. The van der Waals surface area contributed by atoms with Gasteiger partial charge < -0.3 is 34.5 Å². The standard InChI is InChI=1S/C32H41N7O3/c1-32(2,3)23-17-22(20-33-4)29(41-7)24(19-23)35-30(40)25-18-21-9-8-10-26(28(21)38(25)6)42-27-11-12-34-31(36-27)39-15-13-37(5)14-16-39/h8-12,17-19,33H,13-16,20H2,1-7H3,(H,35,40). The van der Waals surface area contributed by atoms with Crippen molar-refractivity contribution < 1.29 is 14.3 Å². The van der Waals surface area contributed by atoms with Gasteiger partial charge in [-0.05, 0) is 43.3 Å². The van der Waals surface area contributed by atoms with Crippen LogP contribution in [0.1, 0.15) is 42.4 Å². The summed E-state index contributed by atoms with van der Waals surface area (Å²) in [6.45, 7) is 10.7.